The van der Waals surface area contributed by atoms with Crippen molar-refractivity contribution in [1.82, 2.24) is 0 Å². The number of halogens is 6. The van der Waals surface area contributed by atoms with Crippen LogP contribution in [0.25, 0.3) is 10.8 Å². The van der Waals surface area contributed by atoms with Crippen molar-refractivity contribution < 1.29 is 31.1 Å². The molecule has 1 aliphatic rings. The average Bonchev–Trinajstić information content (AvgIpc) is 2.88. The summed E-state index contributed by atoms with van der Waals surface area (Å²) in [4.78, 5) is 0. The summed E-state index contributed by atoms with van der Waals surface area (Å²) in [5, 5.41) is 1.10. The zero-order chi connectivity index (χ0) is 27.3. The Bertz CT molecular complexity index is 1330. The molecule has 1 nitrogen and oxygen atoms in total. The Balaban J connectivity index is 1.43. The molecule has 0 unspecified atom stereocenters. The number of hydrogen-bond donors (Lipinski definition) is 0. The maximum absolute atomic E-state index is 15.1. The Morgan fingerprint density at radius 3 is 2.16 bits per heavy atom. The van der Waals surface area contributed by atoms with Crippen molar-refractivity contribution in [3.05, 3.63) is 89.3 Å². The van der Waals surface area contributed by atoms with Gasteiger partial charge in [-0.1, -0.05) is 67.9 Å². The van der Waals surface area contributed by atoms with E-state index in [0.29, 0.717) is 23.4 Å². The molecular formula is C31H28F6O. The SMILES string of the molecule is C=CCCC1CCC(CCc2ccc3c(F)c(C#Cc4cc(F)c(OC(F)(F)F)c(F)c4)ccc3c2)CC1. The number of benzene rings is 3. The molecule has 0 N–H and O–H groups in total. The van der Waals surface area contributed by atoms with Crippen molar-refractivity contribution in [1.29, 1.82) is 0 Å². The minimum absolute atomic E-state index is 0.00917. The van der Waals surface area contributed by atoms with Gasteiger partial charge in [-0.25, -0.2) is 13.2 Å². The zero-order valence-corrected chi connectivity index (χ0v) is 20.8. The molecule has 1 saturated carbocycles. The highest BCUT2D eigenvalue weighted by atomic mass is 19.4. The van der Waals surface area contributed by atoms with E-state index in [4.69, 9.17) is 0 Å². The lowest BCUT2D eigenvalue weighted by Gasteiger charge is -2.28. The van der Waals surface area contributed by atoms with Gasteiger partial charge in [0.15, 0.2) is 11.6 Å². The van der Waals surface area contributed by atoms with Gasteiger partial charge in [0, 0.05) is 10.9 Å². The highest BCUT2D eigenvalue weighted by molar-refractivity contribution is 5.85. The molecule has 0 aromatic heterocycles. The van der Waals surface area contributed by atoms with Crippen LogP contribution in [0, 0.1) is 41.1 Å². The standard InChI is InChI=1S/C31H28F6O/c1-2-3-4-20-5-7-21(8-6-20)9-10-22-12-16-26-25(17-22)15-14-24(29(26)34)13-11-23-18-27(32)30(28(33)19-23)38-31(35,36)37/h2,12,14-21H,1,3-10H2. The van der Waals surface area contributed by atoms with Crippen LogP contribution in [0.1, 0.15) is 61.6 Å². The van der Waals surface area contributed by atoms with Gasteiger partial charge in [0.25, 0.3) is 0 Å². The summed E-state index contributed by atoms with van der Waals surface area (Å²) in [7, 11) is 0. The summed E-state index contributed by atoms with van der Waals surface area (Å²) in [5.74, 6) is 1.20. The van der Waals surface area contributed by atoms with Crippen molar-refractivity contribution in [3.8, 4) is 17.6 Å². The molecule has 38 heavy (non-hydrogen) atoms. The highest BCUT2D eigenvalue weighted by Crippen LogP contribution is 2.34. The molecule has 7 heteroatoms. The highest BCUT2D eigenvalue weighted by Gasteiger charge is 2.34. The predicted molar refractivity (Wildman–Crippen MR) is 136 cm³/mol. The second kappa shape index (κ2) is 12.0. The quantitative estimate of drug-likeness (QED) is 0.168. The van der Waals surface area contributed by atoms with E-state index in [1.165, 1.54) is 38.2 Å². The molecule has 1 aliphatic carbocycles. The topological polar surface area (TPSA) is 9.23 Å². The van der Waals surface area contributed by atoms with Gasteiger partial charge in [0.2, 0.25) is 5.75 Å². The first kappa shape index (κ1) is 27.6. The van der Waals surface area contributed by atoms with Gasteiger partial charge in [0.05, 0.1) is 5.56 Å². The number of hydrogen-bond acceptors (Lipinski definition) is 1. The first-order valence-electron chi connectivity index (χ1n) is 12.7. The second-order valence-corrected chi connectivity index (χ2v) is 9.84. The molecule has 0 bridgehead atoms. The smallest absolute Gasteiger partial charge is 0.399 e. The molecule has 0 amide bonds. The number of alkyl halides is 3. The van der Waals surface area contributed by atoms with Crippen LogP contribution >= 0.6 is 0 Å². The number of aryl methyl sites for hydroxylation is 1. The lowest BCUT2D eigenvalue weighted by atomic mass is 9.78. The molecule has 0 radical (unpaired) electrons. The van der Waals surface area contributed by atoms with Crippen molar-refractivity contribution in [2.24, 2.45) is 11.8 Å². The molecule has 200 valence electrons. The lowest BCUT2D eigenvalue weighted by molar-refractivity contribution is -0.276. The Kier molecular flexibility index (Phi) is 8.71. The van der Waals surface area contributed by atoms with Gasteiger partial charge in [0.1, 0.15) is 5.82 Å². The Morgan fingerprint density at radius 2 is 1.53 bits per heavy atom. The van der Waals surface area contributed by atoms with E-state index in [2.05, 4.69) is 23.2 Å². The van der Waals surface area contributed by atoms with Crippen LogP contribution in [-0.2, 0) is 6.42 Å². The third-order valence-corrected chi connectivity index (χ3v) is 7.16. The van der Waals surface area contributed by atoms with E-state index in [-0.39, 0.29) is 11.1 Å². The maximum Gasteiger partial charge on any atom is 0.573 e. The third kappa shape index (κ3) is 7.12. The Hall–Kier alpha value is -3.40. The molecule has 4 rings (SSSR count). The van der Waals surface area contributed by atoms with Crippen LogP contribution < -0.4 is 4.74 Å². The fraction of sp³-hybridized carbons (Fsp3) is 0.355. The number of ether oxygens (including phenoxy) is 1. The molecule has 0 heterocycles. The average molecular weight is 531 g/mol. The van der Waals surface area contributed by atoms with Gasteiger partial charge in [-0.05, 0) is 66.7 Å². The first-order valence-corrected chi connectivity index (χ1v) is 12.7. The van der Waals surface area contributed by atoms with Crippen molar-refractivity contribution in [2.45, 2.75) is 57.7 Å². The molecule has 0 saturated heterocycles. The van der Waals surface area contributed by atoms with Gasteiger partial charge in [-0.2, -0.15) is 0 Å². The largest absolute Gasteiger partial charge is 0.573 e. The number of rotatable bonds is 7. The predicted octanol–water partition coefficient (Wildman–Crippen LogP) is 9.26. The van der Waals surface area contributed by atoms with E-state index in [1.807, 2.05) is 18.2 Å². The van der Waals surface area contributed by atoms with E-state index >= 15 is 4.39 Å². The van der Waals surface area contributed by atoms with Crippen LogP contribution in [0.4, 0.5) is 26.3 Å². The van der Waals surface area contributed by atoms with Crippen LogP contribution in [0.2, 0.25) is 0 Å². The van der Waals surface area contributed by atoms with Gasteiger partial charge in [-0.15, -0.1) is 19.8 Å². The zero-order valence-electron chi connectivity index (χ0n) is 20.8. The fourth-order valence-electron chi connectivity index (χ4n) is 5.11. The van der Waals surface area contributed by atoms with Gasteiger partial charge in [-0.3, -0.25) is 0 Å². The van der Waals surface area contributed by atoms with E-state index in [0.717, 1.165) is 36.1 Å². The molecule has 1 fully saturated rings. The molecule has 0 aliphatic heterocycles. The Morgan fingerprint density at radius 1 is 0.868 bits per heavy atom. The van der Waals surface area contributed by atoms with Crippen LogP contribution in [0.3, 0.4) is 0 Å². The normalized spacial score (nSPS) is 17.6. The van der Waals surface area contributed by atoms with E-state index in [9.17, 15) is 22.0 Å². The van der Waals surface area contributed by atoms with Crippen LogP contribution in [0.15, 0.2) is 55.1 Å². The summed E-state index contributed by atoms with van der Waals surface area (Å²) in [6.45, 7) is 3.81. The van der Waals surface area contributed by atoms with Crippen LogP contribution in [0.5, 0.6) is 5.75 Å². The van der Waals surface area contributed by atoms with Crippen molar-refractivity contribution in [3.63, 3.8) is 0 Å². The molecule has 3 aromatic carbocycles. The van der Waals surface area contributed by atoms with Gasteiger partial charge >= 0.3 is 6.36 Å². The lowest BCUT2D eigenvalue weighted by Crippen LogP contribution is -2.19. The minimum atomic E-state index is -5.24. The second-order valence-electron chi connectivity index (χ2n) is 9.84. The van der Waals surface area contributed by atoms with Crippen LogP contribution in [-0.4, -0.2) is 6.36 Å². The minimum Gasteiger partial charge on any atom is -0.399 e. The molecule has 0 atom stereocenters. The van der Waals surface area contributed by atoms with E-state index < -0.39 is 29.6 Å². The van der Waals surface area contributed by atoms with Crippen molar-refractivity contribution >= 4 is 10.8 Å². The molecular weight excluding hydrogens is 502 g/mol. The molecule has 0 spiro atoms. The first-order chi connectivity index (χ1) is 18.1. The van der Waals surface area contributed by atoms with Gasteiger partial charge < -0.3 is 4.74 Å². The molecule has 3 aromatic rings. The van der Waals surface area contributed by atoms with Crippen molar-refractivity contribution in [2.75, 3.05) is 0 Å². The third-order valence-electron chi connectivity index (χ3n) is 7.16. The summed E-state index contributed by atoms with van der Waals surface area (Å²) in [6, 6.07) is 10.0. The Labute approximate surface area is 218 Å². The summed E-state index contributed by atoms with van der Waals surface area (Å²) >= 11 is 0. The summed E-state index contributed by atoms with van der Waals surface area (Å²) < 4.78 is 83.3. The summed E-state index contributed by atoms with van der Waals surface area (Å²) in [6.07, 6.45) is 6.13. The fourth-order valence-corrected chi connectivity index (χ4v) is 5.11. The number of fused-ring (bicyclic) bond motifs is 1. The summed E-state index contributed by atoms with van der Waals surface area (Å²) in [5.41, 5.74) is 0.894. The number of allylic oxidation sites excluding steroid dienone is 1. The maximum atomic E-state index is 15.1. The monoisotopic (exact) mass is 530 g/mol. The van der Waals surface area contributed by atoms with E-state index in [1.54, 1.807) is 12.1 Å².